The van der Waals surface area contributed by atoms with Crippen molar-refractivity contribution >= 4 is 0 Å². The molecule has 2 atom stereocenters. The quantitative estimate of drug-likeness (QED) is 0.618. The average Bonchev–Trinajstić information content (AvgIpc) is 2.35. The van der Waals surface area contributed by atoms with E-state index in [9.17, 15) is 0 Å². The van der Waals surface area contributed by atoms with E-state index in [1.807, 2.05) is 6.92 Å². The third-order valence-corrected chi connectivity index (χ3v) is 2.00. The van der Waals surface area contributed by atoms with Crippen LogP contribution in [0.25, 0.3) is 0 Å². The van der Waals surface area contributed by atoms with Crippen LogP contribution in [0.5, 0.6) is 0 Å². The van der Waals surface area contributed by atoms with Crippen LogP contribution >= 0.6 is 0 Å². The predicted molar refractivity (Wildman–Crippen MR) is 41.8 cm³/mol. The Bertz CT molecular complexity index is 164. The number of hydrogen-bond acceptors (Lipinski definition) is 3. The van der Waals surface area contributed by atoms with E-state index in [2.05, 4.69) is 11.0 Å². The molecule has 0 bridgehead atoms. The number of aliphatic hydroxyl groups is 1. The van der Waals surface area contributed by atoms with Crippen LogP contribution in [0.2, 0.25) is 0 Å². The lowest BCUT2D eigenvalue weighted by Crippen LogP contribution is -2.26. The molecule has 0 radical (unpaired) electrons. The minimum absolute atomic E-state index is 0.0836. The average molecular weight is 154 g/mol. The van der Waals surface area contributed by atoms with Gasteiger partial charge in [0, 0.05) is 19.6 Å². The molecule has 0 aromatic heterocycles. The molecule has 1 N–H and O–H groups in total. The predicted octanol–water partition coefficient (Wildman–Crippen LogP) is 0.213. The van der Waals surface area contributed by atoms with Crippen LogP contribution in [0.4, 0.5) is 0 Å². The van der Waals surface area contributed by atoms with Crippen LogP contribution in [0.15, 0.2) is 0 Å². The zero-order valence-electron chi connectivity index (χ0n) is 6.82. The second kappa shape index (κ2) is 3.70. The third kappa shape index (κ3) is 2.49. The molecule has 3 heteroatoms. The summed E-state index contributed by atoms with van der Waals surface area (Å²) in [4.78, 5) is 2.14. The van der Waals surface area contributed by atoms with Gasteiger partial charge in [-0.3, -0.25) is 4.90 Å². The normalized spacial score (nSPS) is 28.3. The summed E-state index contributed by atoms with van der Waals surface area (Å²) in [5.74, 6) is 0.0836. The zero-order valence-corrected chi connectivity index (χ0v) is 6.82. The van der Waals surface area contributed by atoms with E-state index in [0.717, 1.165) is 26.1 Å². The number of hydrogen-bond donors (Lipinski definition) is 1. The summed E-state index contributed by atoms with van der Waals surface area (Å²) in [6, 6.07) is 2.18. The minimum Gasteiger partial charge on any atom is -0.392 e. The summed E-state index contributed by atoms with van der Waals surface area (Å²) in [6.45, 7) is 4.39. The van der Waals surface area contributed by atoms with Crippen molar-refractivity contribution in [2.75, 3.05) is 19.6 Å². The van der Waals surface area contributed by atoms with E-state index in [1.54, 1.807) is 0 Å². The van der Waals surface area contributed by atoms with E-state index in [0.29, 0.717) is 0 Å². The van der Waals surface area contributed by atoms with Gasteiger partial charge in [0.1, 0.15) is 0 Å². The molecular formula is C8H14N2O. The van der Waals surface area contributed by atoms with E-state index in [4.69, 9.17) is 10.4 Å². The summed E-state index contributed by atoms with van der Waals surface area (Å²) in [6.07, 6.45) is 0.693. The Kier molecular flexibility index (Phi) is 2.86. The second-order valence-corrected chi connectivity index (χ2v) is 3.23. The first-order valence-corrected chi connectivity index (χ1v) is 4.02. The molecule has 0 amide bonds. The van der Waals surface area contributed by atoms with Crippen molar-refractivity contribution in [3.05, 3.63) is 0 Å². The molecular weight excluding hydrogens is 140 g/mol. The molecule has 0 aromatic carbocycles. The SMILES string of the molecule is CC(C#N)CN1CCC(O)C1. The number of nitrogens with zero attached hydrogens (tertiary/aromatic N) is 2. The van der Waals surface area contributed by atoms with Gasteiger partial charge in [0.15, 0.2) is 0 Å². The van der Waals surface area contributed by atoms with Gasteiger partial charge in [0.2, 0.25) is 0 Å². The Morgan fingerprint density at radius 1 is 1.82 bits per heavy atom. The fraction of sp³-hybridized carbons (Fsp3) is 0.875. The number of nitriles is 1. The minimum atomic E-state index is -0.166. The van der Waals surface area contributed by atoms with Crippen molar-refractivity contribution in [2.45, 2.75) is 19.4 Å². The lowest BCUT2D eigenvalue weighted by atomic mass is 10.2. The number of rotatable bonds is 2. The monoisotopic (exact) mass is 154 g/mol. The summed E-state index contributed by atoms with van der Waals surface area (Å²) < 4.78 is 0. The van der Waals surface area contributed by atoms with Crippen LogP contribution in [0.1, 0.15) is 13.3 Å². The smallest absolute Gasteiger partial charge is 0.0679 e. The summed E-state index contributed by atoms with van der Waals surface area (Å²) in [5, 5.41) is 17.7. The first kappa shape index (κ1) is 8.51. The summed E-state index contributed by atoms with van der Waals surface area (Å²) >= 11 is 0. The lowest BCUT2D eigenvalue weighted by Gasteiger charge is -2.15. The molecule has 62 valence electrons. The number of aliphatic hydroxyl groups excluding tert-OH is 1. The van der Waals surface area contributed by atoms with Gasteiger partial charge in [-0.05, 0) is 13.3 Å². The van der Waals surface area contributed by atoms with Gasteiger partial charge >= 0.3 is 0 Å². The fourth-order valence-electron chi connectivity index (χ4n) is 1.41. The molecule has 1 rings (SSSR count). The topological polar surface area (TPSA) is 47.3 Å². The second-order valence-electron chi connectivity index (χ2n) is 3.23. The zero-order chi connectivity index (χ0) is 8.27. The summed E-state index contributed by atoms with van der Waals surface area (Å²) in [5.41, 5.74) is 0. The Morgan fingerprint density at radius 3 is 3.00 bits per heavy atom. The molecule has 0 aliphatic carbocycles. The Hall–Kier alpha value is -0.590. The van der Waals surface area contributed by atoms with Gasteiger partial charge in [-0.1, -0.05) is 0 Å². The van der Waals surface area contributed by atoms with Gasteiger partial charge < -0.3 is 5.11 Å². The van der Waals surface area contributed by atoms with E-state index in [1.165, 1.54) is 0 Å². The van der Waals surface area contributed by atoms with Crippen LogP contribution in [0, 0.1) is 17.2 Å². The van der Waals surface area contributed by atoms with Crippen LogP contribution < -0.4 is 0 Å². The highest BCUT2D eigenvalue weighted by atomic mass is 16.3. The Morgan fingerprint density at radius 2 is 2.55 bits per heavy atom. The largest absolute Gasteiger partial charge is 0.392 e. The van der Waals surface area contributed by atoms with Gasteiger partial charge in [0.05, 0.1) is 18.1 Å². The van der Waals surface area contributed by atoms with Crippen molar-refractivity contribution in [1.82, 2.24) is 4.90 Å². The van der Waals surface area contributed by atoms with Crippen molar-refractivity contribution in [2.24, 2.45) is 5.92 Å². The van der Waals surface area contributed by atoms with E-state index >= 15 is 0 Å². The molecule has 0 aromatic rings. The molecule has 1 fully saturated rings. The van der Waals surface area contributed by atoms with Gasteiger partial charge in [0.25, 0.3) is 0 Å². The lowest BCUT2D eigenvalue weighted by molar-refractivity contribution is 0.174. The van der Waals surface area contributed by atoms with E-state index < -0.39 is 0 Å². The van der Waals surface area contributed by atoms with Gasteiger partial charge in [-0.15, -0.1) is 0 Å². The highest BCUT2D eigenvalue weighted by Gasteiger charge is 2.20. The number of β-amino-alcohol motifs (C(OH)–C–C–N with tert-alkyl or cyclic N) is 1. The van der Waals surface area contributed by atoms with Crippen LogP contribution in [-0.4, -0.2) is 35.7 Å². The molecule has 0 saturated carbocycles. The van der Waals surface area contributed by atoms with Crippen LogP contribution in [-0.2, 0) is 0 Å². The molecule has 1 heterocycles. The van der Waals surface area contributed by atoms with Gasteiger partial charge in [-0.2, -0.15) is 5.26 Å². The molecule has 2 unspecified atom stereocenters. The van der Waals surface area contributed by atoms with Crippen molar-refractivity contribution in [1.29, 1.82) is 5.26 Å². The first-order chi connectivity index (χ1) is 5.22. The maximum atomic E-state index is 9.16. The maximum absolute atomic E-state index is 9.16. The molecule has 1 aliphatic heterocycles. The molecule has 11 heavy (non-hydrogen) atoms. The highest BCUT2D eigenvalue weighted by molar-refractivity contribution is 4.84. The Balaban J connectivity index is 2.24. The highest BCUT2D eigenvalue weighted by Crippen LogP contribution is 2.10. The maximum Gasteiger partial charge on any atom is 0.0679 e. The molecule has 1 aliphatic rings. The Labute approximate surface area is 67.2 Å². The third-order valence-electron chi connectivity index (χ3n) is 2.00. The number of likely N-dealkylation sites (tertiary alicyclic amines) is 1. The molecule has 3 nitrogen and oxygen atoms in total. The van der Waals surface area contributed by atoms with E-state index in [-0.39, 0.29) is 12.0 Å². The fourth-order valence-corrected chi connectivity index (χ4v) is 1.41. The summed E-state index contributed by atoms with van der Waals surface area (Å²) in [7, 11) is 0. The standard InChI is InChI=1S/C8H14N2O/c1-7(4-9)5-10-3-2-8(11)6-10/h7-8,11H,2-3,5-6H2,1H3. The van der Waals surface area contributed by atoms with Crippen molar-refractivity contribution < 1.29 is 5.11 Å². The molecule has 1 saturated heterocycles. The first-order valence-electron chi connectivity index (χ1n) is 4.02. The molecule has 0 spiro atoms. The van der Waals surface area contributed by atoms with Crippen molar-refractivity contribution in [3.8, 4) is 6.07 Å². The van der Waals surface area contributed by atoms with Crippen LogP contribution in [0.3, 0.4) is 0 Å². The van der Waals surface area contributed by atoms with Crippen molar-refractivity contribution in [3.63, 3.8) is 0 Å². The van der Waals surface area contributed by atoms with Gasteiger partial charge in [-0.25, -0.2) is 0 Å².